The van der Waals surface area contributed by atoms with Gasteiger partial charge in [0.15, 0.2) is 0 Å². The Balaban J connectivity index is 2.00. The van der Waals surface area contributed by atoms with Gasteiger partial charge in [-0.25, -0.2) is 4.79 Å². The van der Waals surface area contributed by atoms with Gasteiger partial charge in [0.2, 0.25) is 5.91 Å². The molecule has 0 radical (unpaired) electrons. The number of likely N-dealkylation sites (tertiary alicyclic amines) is 1. The Morgan fingerprint density at radius 3 is 2.67 bits per heavy atom. The molecule has 6 heteroatoms. The molecule has 1 aromatic carbocycles. The van der Waals surface area contributed by atoms with Crippen LogP contribution in [0.3, 0.4) is 0 Å². The predicted molar refractivity (Wildman–Crippen MR) is 77.0 cm³/mol. The Morgan fingerprint density at radius 1 is 1.43 bits per heavy atom. The maximum absolute atomic E-state index is 12.3. The van der Waals surface area contributed by atoms with Crippen molar-refractivity contribution in [3.05, 3.63) is 29.8 Å². The lowest BCUT2D eigenvalue weighted by molar-refractivity contribution is -0.148. The summed E-state index contributed by atoms with van der Waals surface area (Å²) in [6.07, 6.45) is 1.58. The lowest BCUT2D eigenvalue weighted by Gasteiger charge is -2.24. The number of benzene rings is 1. The summed E-state index contributed by atoms with van der Waals surface area (Å²) in [5.74, 6) is -0.516. The zero-order chi connectivity index (χ0) is 15.4. The molecule has 0 saturated carbocycles. The lowest BCUT2D eigenvalue weighted by atomic mass is 10.0. The van der Waals surface area contributed by atoms with E-state index in [1.165, 1.54) is 4.90 Å². The van der Waals surface area contributed by atoms with E-state index in [9.17, 15) is 9.59 Å². The van der Waals surface area contributed by atoms with Crippen LogP contribution in [0.2, 0.25) is 0 Å². The predicted octanol–water partition coefficient (Wildman–Crippen LogP) is 0.641. The van der Waals surface area contributed by atoms with Crippen molar-refractivity contribution in [3.63, 3.8) is 0 Å². The molecule has 1 heterocycles. The van der Waals surface area contributed by atoms with Crippen LogP contribution in [0.25, 0.3) is 0 Å². The van der Waals surface area contributed by atoms with Gasteiger partial charge in [-0.1, -0.05) is 12.1 Å². The second-order valence-corrected chi connectivity index (χ2v) is 5.19. The third kappa shape index (κ3) is 3.52. The van der Waals surface area contributed by atoms with Crippen LogP contribution in [0, 0.1) is 0 Å². The minimum atomic E-state index is -0.961. The second-order valence-electron chi connectivity index (χ2n) is 5.19. The molecule has 0 aliphatic carbocycles. The van der Waals surface area contributed by atoms with Gasteiger partial charge < -0.3 is 20.5 Å². The maximum Gasteiger partial charge on any atom is 0.326 e. The van der Waals surface area contributed by atoms with E-state index in [2.05, 4.69) is 0 Å². The van der Waals surface area contributed by atoms with Gasteiger partial charge in [0, 0.05) is 6.54 Å². The van der Waals surface area contributed by atoms with Crippen molar-refractivity contribution in [2.45, 2.75) is 31.3 Å². The van der Waals surface area contributed by atoms with Gasteiger partial charge in [-0.3, -0.25) is 4.79 Å². The van der Waals surface area contributed by atoms with E-state index in [1.54, 1.807) is 7.11 Å². The van der Waals surface area contributed by atoms with Crippen LogP contribution in [0.5, 0.6) is 5.75 Å². The highest BCUT2D eigenvalue weighted by atomic mass is 16.5. The van der Waals surface area contributed by atoms with E-state index < -0.39 is 18.1 Å². The highest BCUT2D eigenvalue weighted by Gasteiger charge is 2.35. The fraction of sp³-hybridized carbons (Fsp3) is 0.467. The average molecular weight is 292 g/mol. The van der Waals surface area contributed by atoms with Crippen molar-refractivity contribution >= 4 is 11.9 Å². The first-order valence-corrected chi connectivity index (χ1v) is 6.94. The summed E-state index contributed by atoms with van der Waals surface area (Å²) >= 11 is 0. The molecule has 6 nitrogen and oxygen atoms in total. The number of ether oxygens (including phenoxy) is 1. The molecule has 3 N–H and O–H groups in total. The van der Waals surface area contributed by atoms with E-state index in [4.69, 9.17) is 15.6 Å². The Kier molecular flexibility index (Phi) is 4.80. The molecule has 114 valence electrons. The van der Waals surface area contributed by atoms with Crippen LogP contribution < -0.4 is 10.5 Å². The number of carbonyl (C=O) groups is 2. The van der Waals surface area contributed by atoms with Gasteiger partial charge in [0.25, 0.3) is 0 Å². The van der Waals surface area contributed by atoms with Gasteiger partial charge in [-0.15, -0.1) is 0 Å². The van der Waals surface area contributed by atoms with Crippen LogP contribution >= 0.6 is 0 Å². The smallest absolute Gasteiger partial charge is 0.326 e. The fourth-order valence-electron chi connectivity index (χ4n) is 2.60. The zero-order valence-electron chi connectivity index (χ0n) is 12.0. The second kappa shape index (κ2) is 6.58. The standard InChI is InChI=1S/C15H20N2O4/c1-21-11-6-4-10(5-7-11)9-12(16)14(18)17-8-2-3-13(17)15(19)20/h4-7,12-13H,2-3,8-9,16H2,1H3,(H,19,20)/t12-,13?/m1/s1. The van der Waals surface area contributed by atoms with Gasteiger partial charge in [0.1, 0.15) is 11.8 Å². The monoisotopic (exact) mass is 292 g/mol. The summed E-state index contributed by atoms with van der Waals surface area (Å²) in [5, 5.41) is 9.11. The van der Waals surface area contributed by atoms with Crippen molar-refractivity contribution in [2.24, 2.45) is 5.73 Å². The molecule has 1 saturated heterocycles. The maximum atomic E-state index is 12.3. The molecule has 0 bridgehead atoms. The van der Waals surface area contributed by atoms with Crippen molar-refractivity contribution in [3.8, 4) is 5.75 Å². The summed E-state index contributed by atoms with van der Waals surface area (Å²) in [5.41, 5.74) is 6.87. The van der Waals surface area contributed by atoms with Crippen LogP contribution in [0.4, 0.5) is 0 Å². The molecule has 1 amide bonds. The molecule has 1 aliphatic rings. The number of carbonyl (C=O) groups excluding carboxylic acids is 1. The topological polar surface area (TPSA) is 92.9 Å². The van der Waals surface area contributed by atoms with E-state index >= 15 is 0 Å². The summed E-state index contributed by atoms with van der Waals surface area (Å²) in [4.78, 5) is 24.8. The number of amides is 1. The summed E-state index contributed by atoms with van der Waals surface area (Å²) in [6, 6.07) is 5.86. The molecule has 0 aromatic heterocycles. The van der Waals surface area contributed by atoms with E-state index in [-0.39, 0.29) is 5.91 Å². The Hall–Kier alpha value is -2.08. The van der Waals surface area contributed by atoms with E-state index in [1.807, 2.05) is 24.3 Å². The first kappa shape index (κ1) is 15.3. The summed E-state index contributed by atoms with van der Waals surface area (Å²) in [7, 11) is 1.59. The highest BCUT2D eigenvalue weighted by Crippen LogP contribution is 2.19. The molecule has 1 aliphatic heterocycles. The van der Waals surface area contributed by atoms with Crippen LogP contribution in [-0.2, 0) is 16.0 Å². The number of carboxylic acids is 1. The number of hydrogen-bond acceptors (Lipinski definition) is 4. The molecular weight excluding hydrogens is 272 g/mol. The molecule has 2 rings (SSSR count). The first-order chi connectivity index (χ1) is 10.0. The van der Waals surface area contributed by atoms with Crippen molar-refractivity contribution in [2.75, 3.05) is 13.7 Å². The number of aliphatic carboxylic acids is 1. The highest BCUT2D eigenvalue weighted by molar-refractivity contribution is 5.87. The minimum Gasteiger partial charge on any atom is -0.497 e. The van der Waals surface area contributed by atoms with Crippen molar-refractivity contribution in [1.82, 2.24) is 4.90 Å². The molecular formula is C15H20N2O4. The SMILES string of the molecule is COc1ccc(C[C@@H](N)C(=O)N2CCCC2C(=O)O)cc1. The van der Waals surface area contributed by atoms with Gasteiger partial charge in [-0.2, -0.15) is 0 Å². The van der Waals surface area contributed by atoms with E-state index in [0.717, 1.165) is 11.3 Å². The minimum absolute atomic E-state index is 0.296. The average Bonchev–Trinajstić information content (AvgIpc) is 2.96. The molecule has 21 heavy (non-hydrogen) atoms. The molecule has 1 unspecified atom stereocenters. The number of nitrogens with zero attached hydrogens (tertiary/aromatic N) is 1. The van der Waals surface area contributed by atoms with Crippen molar-refractivity contribution < 1.29 is 19.4 Å². The third-order valence-corrected chi connectivity index (χ3v) is 3.75. The number of hydrogen-bond donors (Lipinski definition) is 2. The quantitative estimate of drug-likeness (QED) is 0.831. The summed E-state index contributed by atoms with van der Waals surface area (Å²) < 4.78 is 5.07. The van der Waals surface area contributed by atoms with Gasteiger partial charge in [-0.05, 0) is 37.0 Å². The molecule has 0 spiro atoms. The molecule has 1 fully saturated rings. The number of carboxylic acid groups (broad SMARTS) is 1. The summed E-state index contributed by atoms with van der Waals surface area (Å²) in [6.45, 7) is 0.464. The van der Waals surface area contributed by atoms with Gasteiger partial charge >= 0.3 is 5.97 Å². The molecule has 1 aromatic rings. The first-order valence-electron chi connectivity index (χ1n) is 6.94. The third-order valence-electron chi connectivity index (χ3n) is 3.75. The van der Waals surface area contributed by atoms with Gasteiger partial charge in [0.05, 0.1) is 13.2 Å². The van der Waals surface area contributed by atoms with Crippen LogP contribution in [0.15, 0.2) is 24.3 Å². The van der Waals surface area contributed by atoms with Crippen LogP contribution in [-0.4, -0.2) is 47.6 Å². The Morgan fingerprint density at radius 2 is 2.10 bits per heavy atom. The molecule has 2 atom stereocenters. The fourth-order valence-corrected chi connectivity index (χ4v) is 2.60. The number of nitrogens with two attached hydrogens (primary N) is 1. The Labute approximate surface area is 123 Å². The van der Waals surface area contributed by atoms with Crippen LogP contribution in [0.1, 0.15) is 18.4 Å². The number of rotatable bonds is 5. The van der Waals surface area contributed by atoms with E-state index in [0.29, 0.717) is 25.8 Å². The lowest BCUT2D eigenvalue weighted by Crippen LogP contribution is -2.49. The zero-order valence-corrected chi connectivity index (χ0v) is 12.0. The number of methoxy groups -OCH3 is 1. The largest absolute Gasteiger partial charge is 0.497 e. The van der Waals surface area contributed by atoms with Crippen molar-refractivity contribution in [1.29, 1.82) is 0 Å². The Bertz CT molecular complexity index is 515. The normalized spacial score (nSPS) is 19.3.